The standard InChI is InChI=1S/C14H26N4O2S/c1-6-17-8-7-9-18(11(2)10-17)21(19,20)14-12(3)15-16(5)13(14)4/h11H,6-10H2,1-5H3. The summed E-state index contributed by atoms with van der Waals surface area (Å²) in [7, 11) is -1.70. The van der Waals surface area contributed by atoms with E-state index in [4.69, 9.17) is 0 Å². The van der Waals surface area contributed by atoms with E-state index in [0.29, 0.717) is 22.8 Å². The van der Waals surface area contributed by atoms with Gasteiger partial charge in [0, 0.05) is 26.2 Å². The molecule has 0 aliphatic carbocycles. The first-order valence-corrected chi connectivity index (χ1v) is 8.97. The lowest BCUT2D eigenvalue weighted by Gasteiger charge is -2.28. The molecule has 6 nitrogen and oxygen atoms in total. The van der Waals surface area contributed by atoms with Crippen molar-refractivity contribution in [1.82, 2.24) is 19.0 Å². The van der Waals surface area contributed by atoms with Gasteiger partial charge in [0.05, 0.1) is 11.4 Å². The van der Waals surface area contributed by atoms with E-state index >= 15 is 0 Å². The summed E-state index contributed by atoms with van der Waals surface area (Å²) in [6.45, 7) is 11.0. The van der Waals surface area contributed by atoms with E-state index in [-0.39, 0.29) is 6.04 Å². The Hall–Kier alpha value is -0.920. The van der Waals surface area contributed by atoms with Crippen LogP contribution in [-0.4, -0.2) is 59.6 Å². The normalized spacial score (nSPS) is 22.4. The maximum atomic E-state index is 13.1. The Labute approximate surface area is 127 Å². The van der Waals surface area contributed by atoms with Crippen LogP contribution >= 0.6 is 0 Å². The fourth-order valence-corrected chi connectivity index (χ4v) is 5.18. The molecule has 0 amide bonds. The van der Waals surface area contributed by atoms with Crippen LogP contribution in [0.2, 0.25) is 0 Å². The van der Waals surface area contributed by atoms with Crippen molar-refractivity contribution in [3.8, 4) is 0 Å². The molecule has 1 aromatic rings. The summed E-state index contributed by atoms with van der Waals surface area (Å²) < 4.78 is 29.4. The van der Waals surface area contributed by atoms with Crippen LogP contribution in [0.25, 0.3) is 0 Å². The Morgan fingerprint density at radius 2 is 1.95 bits per heavy atom. The largest absolute Gasteiger partial charge is 0.302 e. The molecule has 1 fully saturated rings. The average molecular weight is 314 g/mol. The summed E-state index contributed by atoms with van der Waals surface area (Å²) in [6, 6.07) is -0.0172. The van der Waals surface area contributed by atoms with Crippen molar-refractivity contribution in [3.63, 3.8) is 0 Å². The topological polar surface area (TPSA) is 58.4 Å². The summed E-state index contributed by atoms with van der Waals surface area (Å²) in [5.41, 5.74) is 1.29. The maximum Gasteiger partial charge on any atom is 0.247 e. The van der Waals surface area contributed by atoms with Crippen molar-refractivity contribution < 1.29 is 8.42 Å². The molecule has 1 unspecified atom stereocenters. The number of hydrogen-bond acceptors (Lipinski definition) is 4. The van der Waals surface area contributed by atoms with Gasteiger partial charge < -0.3 is 4.90 Å². The highest BCUT2D eigenvalue weighted by molar-refractivity contribution is 7.89. The Morgan fingerprint density at radius 3 is 2.48 bits per heavy atom. The number of likely N-dealkylation sites (N-methyl/N-ethyl adjacent to an activating group) is 1. The zero-order valence-corrected chi connectivity index (χ0v) is 14.4. The third-order valence-corrected chi connectivity index (χ3v) is 6.59. The van der Waals surface area contributed by atoms with E-state index in [9.17, 15) is 8.42 Å². The Balaban J connectivity index is 2.39. The Bertz CT molecular complexity index is 609. The number of aromatic nitrogens is 2. The minimum absolute atomic E-state index is 0.0172. The van der Waals surface area contributed by atoms with Gasteiger partial charge in [0.25, 0.3) is 0 Å². The van der Waals surface area contributed by atoms with Crippen LogP contribution in [0.5, 0.6) is 0 Å². The molecule has 7 heteroatoms. The van der Waals surface area contributed by atoms with Crippen molar-refractivity contribution >= 4 is 10.0 Å². The van der Waals surface area contributed by atoms with Gasteiger partial charge in [-0.05, 0) is 40.3 Å². The van der Waals surface area contributed by atoms with Crippen LogP contribution in [0.1, 0.15) is 31.7 Å². The van der Waals surface area contributed by atoms with Crippen molar-refractivity contribution in [2.75, 3.05) is 26.2 Å². The van der Waals surface area contributed by atoms with Crippen LogP contribution in [0.15, 0.2) is 4.90 Å². The highest BCUT2D eigenvalue weighted by atomic mass is 32.2. The summed E-state index contributed by atoms with van der Waals surface area (Å²) >= 11 is 0. The van der Waals surface area contributed by atoms with Gasteiger partial charge in [-0.25, -0.2) is 8.42 Å². The predicted octanol–water partition coefficient (Wildman–Crippen LogP) is 1.14. The van der Waals surface area contributed by atoms with E-state index in [1.165, 1.54) is 0 Å². The van der Waals surface area contributed by atoms with Gasteiger partial charge in [0.2, 0.25) is 10.0 Å². The minimum Gasteiger partial charge on any atom is -0.302 e. The zero-order valence-electron chi connectivity index (χ0n) is 13.6. The molecule has 0 bridgehead atoms. The fraction of sp³-hybridized carbons (Fsp3) is 0.786. The molecule has 0 saturated carbocycles. The number of nitrogens with zero attached hydrogens (tertiary/aromatic N) is 4. The van der Waals surface area contributed by atoms with Gasteiger partial charge in [-0.2, -0.15) is 9.40 Å². The molecule has 1 aromatic heterocycles. The lowest BCUT2D eigenvalue weighted by molar-refractivity contribution is 0.261. The predicted molar refractivity (Wildman–Crippen MR) is 82.8 cm³/mol. The monoisotopic (exact) mass is 314 g/mol. The summed E-state index contributed by atoms with van der Waals surface area (Å²) in [4.78, 5) is 2.69. The van der Waals surface area contributed by atoms with Gasteiger partial charge in [-0.15, -0.1) is 0 Å². The summed E-state index contributed by atoms with van der Waals surface area (Å²) in [5, 5.41) is 4.25. The van der Waals surface area contributed by atoms with E-state index in [1.807, 2.05) is 13.8 Å². The third kappa shape index (κ3) is 3.00. The highest BCUT2D eigenvalue weighted by Crippen LogP contribution is 2.26. The average Bonchev–Trinajstić information content (AvgIpc) is 2.58. The van der Waals surface area contributed by atoms with Gasteiger partial charge in [-0.3, -0.25) is 4.68 Å². The van der Waals surface area contributed by atoms with Crippen molar-refractivity contribution in [1.29, 1.82) is 0 Å². The second kappa shape index (κ2) is 6.06. The molecule has 120 valence electrons. The molecular formula is C14H26N4O2S. The van der Waals surface area contributed by atoms with Crippen molar-refractivity contribution in [3.05, 3.63) is 11.4 Å². The lowest BCUT2D eigenvalue weighted by Crippen LogP contribution is -2.42. The molecule has 21 heavy (non-hydrogen) atoms. The second-order valence-corrected chi connectivity index (χ2v) is 7.66. The molecule has 1 aliphatic heterocycles. The molecule has 0 radical (unpaired) electrons. The van der Waals surface area contributed by atoms with Crippen molar-refractivity contribution in [2.24, 2.45) is 7.05 Å². The molecule has 1 saturated heterocycles. The van der Waals surface area contributed by atoms with Crippen molar-refractivity contribution in [2.45, 2.75) is 45.1 Å². The van der Waals surface area contributed by atoms with Crippen LogP contribution in [0.3, 0.4) is 0 Å². The molecule has 2 heterocycles. The molecule has 0 N–H and O–H groups in total. The second-order valence-electron chi connectivity index (χ2n) is 5.84. The lowest BCUT2D eigenvalue weighted by atomic mass is 10.3. The van der Waals surface area contributed by atoms with Crippen LogP contribution in [0, 0.1) is 13.8 Å². The zero-order chi connectivity index (χ0) is 15.8. The quantitative estimate of drug-likeness (QED) is 0.839. The molecule has 1 aliphatic rings. The number of hydrogen-bond donors (Lipinski definition) is 0. The van der Waals surface area contributed by atoms with E-state index in [0.717, 1.165) is 26.1 Å². The molecule has 0 aromatic carbocycles. The Kier molecular flexibility index (Phi) is 4.75. The molecule has 2 rings (SSSR count). The first kappa shape index (κ1) is 16.5. The van der Waals surface area contributed by atoms with Crippen LogP contribution in [0.4, 0.5) is 0 Å². The van der Waals surface area contributed by atoms with Crippen LogP contribution in [-0.2, 0) is 17.1 Å². The van der Waals surface area contributed by atoms with E-state index in [1.54, 1.807) is 23.0 Å². The van der Waals surface area contributed by atoms with E-state index in [2.05, 4.69) is 16.9 Å². The number of aryl methyl sites for hydroxylation is 2. The molecular weight excluding hydrogens is 288 g/mol. The van der Waals surface area contributed by atoms with Gasteiger partial charge in [0.1, 0.15) is 4.90 Å². The minimum atomic E-state index is -3.48. The van der Waals surface area contributed by atoms with Gasteiger partial charge in [-0.1, -0.05) is 6.92 Å². The number of rotatable bonds is 3. The highest BCUT2D eigenvalue weighted by Gasteiger charge is 2.35. The Morgan fingerprint density at radius 1 is 1.29 bits per heavy atom. The van der Waals surface area contributed by atoms with Crippen LogP contribution < -0.4 is 0 Å². The number of sulfonamides is 1. The van der Waals surface area contributed by atoms with Gasteiger partial charge in [0.15, 0.2) is 0 Å². The first-order valence-electron chi connectivity index (χ1n) is 7.53. The first-order chi connectivity index (χ1) is 9.78. The molecule has 1 atom stereocenters. The summed E-state index contributed by atoms with van der Waals surface area (Å²) in [6.07, 6.45) is 0.871. The smallest absolute Gasteiger partial charge is 0.247 e. The summed E-state index contributed by atoms with van der Waals surface area (Å²) in [5.74, 6) is 0. The third-order valence-electron chi connectivity index (χ3n) is 4.32. The fourth-order valence-electron chi connectivity index (χ4n) is 3.12. The SMILES string of the molecule is CCN1CCCN(S(=O)(=O)c2c(C)nn(C)c2C)C(C)C1. The van der Waals surface area contributed by atoms with E-state index < -0.39 is 10.0 Å². The van der Waals surface area contributed by atoms with Gasteiger partial charge >= 0.3 is 0 Å². The maximum absolute atomic E-state index is 13.1. The molecule has 0 spiro atoms.